The fraction of sp³-hybridized carbons (Fsp3) is 0.0769. The van der Waals surface area contributed by atoms with Crippen molar-refractivity contribution in [3.63, 3.8) is 0 Å². The summed E-state index contributed by atoms with van der Waals surface area (Å²) in [5.41, 5.74) is 2.15. The average Bonchev–Trinajstić information content (AvgIpc) is 2.89. The minimum Gasteiger partial charge on any atom is -0.465 e. The first-order valence-corrected chi connectivity index (χ1v) is 5.04. The molecule has 1 heterocycles. The zero-order chi connectivity index (χ0) is 12.1. The van der Waals surface area contributed by atoms with E-state index in [0.717, 1.165) is 11.3 Å². The van der Waals surface area contributed by atoms with Crippen LogP contribution in [0, 0.1) is 0 Å². The Labute approximate surface area is 98.5 Å². The molecule has 17 heavy (non-hydrogen) atoms. The zero-order valence-corrected chi connectivity index (χ0v) is 9.29. The van der Waals surface area contributed by atoms with E-state index in [-0.39, 0.29) is 5.97 Å². The van der Waals surface area contributed by atoms with Crippen molar-refractivity contribution in [2.75, 3.05) is 7.11 Å². The van der Waals surface area contributed by atoms with Gasteiger partial charge in [-0.2, -0.15) is 0 Å². The lowest BCUT2D eigenvalue weighted by Gasteiger charge is -1.99. The molecule has 1 aromatic heterocycles. The van der Waals surface area contributed by atoms with Crippen molar-refractivity contribution in [2.24, 2.45) is 0 Å². The number of methoxy groups -OCH3 is 1. The Morgan fingerprint density at radius 3 is 3.00 bits per heavy atom. The summed E-state index contributed by atoms with van der Waals surface area (Å²) in [6, 6.07) is 7.15. The van der Waals surface area contributed by atoms with Crippen LogP contribution in [0.25, 0.3) is 12.2 Å². The highest BCUT2D eigenvalue weighted by Gasteiger charge is 2.03. The summed E-state index contributed by atoms with van der Waals surface area (Å²) in [4.78, 5) is 15.3. The Morgan fingerprint density at radius 1 is 1.41 bits per heavy atom. The SMILES string of the molecule is COC(=O)c1cccc(/C=C/c2cocn2)c1. The highest BCUT2D eigenvalue weighted by molar-refractivity contribution is 5.90. The number of nitrogens with zero attached hydrogens (tertiary/aromatic N) is 1. The molecule has 2 aromatic rings. The van der Waals surface area contributed by atoms with E-state index >= 15 is 0 Å². The predicted molar refractivity (Wildman–Crippen MR) is 63.2 cm³/mol. The molecular formula is C13H11NO3. The quantitative estimate of drug-likeness (QED) is 0.759. The molecule has 0 saturated carbocycles. The molecule has 0 amide bonds. The zero-order valence-electron chi connectivity index (χ0n) is 9.29. The highest BCUT2D eigenvalue weighted by atomic mass is 16.5. The molecule has 0 aliphatic carbocycles. The average molecular weight is 229 g/mol. The fourth-order valence-corrected chi connectivity index (χ4v) is 1.37. The van der Waals surface area contributed by atoms with Crippen molar-refractivity contribution in [3.8, 4) is 0 Å². The summed E-state index contributed by atoms with van der Waals surface area (Å²) in [6.45, 7) is 0. The molecule has 0 radical (unpaired) electrons. The van der Waals surface area contributed by atoms with Crippen LogP contribution in [0.1, 0.15) is 21.6 Å². The lowest BCUT2D eigenvalue weighted by atomic mass is 10.1. The fourth-order valence-electron chi connectivity index (χ4n) is 1.37. The van der Waals surface area contributed by atoms with Gasteiger partial charge in [-0.25, -0.2) is 9.78 Å². The summed E-state index contributed by atoms with van der Waals surface area (Å²) in [5, 5.41) is 0. The molecule has 0 fully saturated rings. The van der Waals surface area contributed by atoms with Crippen molar-refractivity contribution in [1.29, 1.82) is 0 Å². The number of hydrogen-bond donors (Lipinski definition) is 0. The normalized spacial score (nSPS) is 10.6. The Balaban J connectivity index is 2.19. The number of aromatic nitrogens is 1. The van der Waals surface area contributed by atoms with Gasteiger partial charge in [0.05, 0.1) is 12.7 Å². The van der Waals surface area contributed by atoms with Gasteiger partial charge < -0.3 is 9.15 Å². The molecule has 1 aromatic carbocycles. The van der Waals surface area contributed by atoms with E-state index in [2.05, 4.69) is 9.72 Å². The molecule has 4 nitrogen and oxygen atoms in total. The standard InChI is InChI=1S/C13H11NO3/c1-16-13(15)11-4-2-3-10(7-11)5-6-12-8-17-9-14-12/h2-9H,1H3/b6-5+. The van der Waals surface area contributed by atoms with Gasteiger partial charge in [0.2, 0.25) is 0 Å². The Hall–Kier alpha value is -2.36. The van der Waals surface area contributed by atoms with Gasteiger partial charge in [-0.15, -0.1) is 0 Å². The lowest BCUT2D eigenvalue weighted by molar-refractivity contribution is 0.0600. The number of carbonyl (C=O) groups is 1. The van der Waals surface area contributed by atoms with Crippen LogP contribution in [-0.4, -0.2) is 18.1 Å². The van der Waals surface area contributed by atoms with Crippen LogP contribution in [0.4, 0.5) is 0 Å². The van der Waals surface area contributed by atoms with Gasteiger partial charge in [0, 0.05) is 0 Å². The van der Waals surface area contributed by atoms with Gasteiger partial charge in [0.15, 0.2) is 6.39 Å². The monoisotopic (exact) mass is 229 g/mol. The largest absolute Gasteiger partial charge is 0.465 e. The van der Waals surface area contributed by atoms with Crippen LogP contribution in [0.3, 0.4) is 0 Å². The molecular weight excluding hydrogens is 218 g/mol. The minimum absolute atomic E-state index is 0.346. The van der Waals surface area contributed by atoms with Crippen LogP contribution in [0.5, 0.6) is 0 Å². The lowest BCUT2D eigenvalue weighted by Crippen LogP contribution is -2.00. The van der Waals surface area contributed by atoms with Crippen LogP contribution in [0.15, 0.2) is 41.3 Å². The maximum atomic E-state index is 11.3. The van der Waals surface area contributed by atoms with Gasteiger partial charge in [0.25, 0.3) is 0 Å². The number of hydrogen-bond acceptors (Lipinski definition) is 4. The third-order valence-corrected chi connectivity index (χ3v) is 2.21. The summed E-state index contributed by atoms with van der Waals surface area (Å²) in [7, 11) is 1.36. The number of rotatable bonds is 3. The smallest absolute Gasteiger partial charge is 0.337 e. The van der Waals surface area contributed by atoms with E-state index in [4.69, 9.17) is 4.42 Å². The second-order valence-electron chi connectivity index (χ2n) is 3.36. The molecule has 0 aliphatic heterocycles. The summed E-state index contributed by atoms with van der Waals surface area (Å²) in [6.07, 6.45) is 6.56. The van der Waals surface area contributed by atoms with Gasteiger partial charge in [0.1, 0.15) is 12.0 Å². The first kappa shape index (κ1) is 11.1. The molecule has 4 heteroatoms. The van der Waals surface area contributed by atoms with E-state index < -0.39 is 0 Å². The first-order valence-electron chi connectivity index (χ1n) is 5.04. The maximum Gasteiger partial charge on any atom is 0.337 e. The molecule has 0 atom stereocenters. The van der Waals surface area contributed by atoms with Crippen molar-refractivity contribution in [1.82, 2.24) is 4.98 Å². The van der Waals surface area contributed by atoms with Crippen LogP contribution < -0.4 is 0 Å². The molecule has 0 bridgehead atoms. The third kappa shape index (κ3) is 2.81. The van der Waals surface area contributed by atoms with Gasteiger partial charge in [-0.05, 0) is 23.8 Å². The number of benzene rings is 1. The van der Waals surface area contributed by atoms with Crippen molar-refractivity contribution >= 4 is 18.1 Å². The van der Waals surface area contributed by atoms with Crippen LogP contribution >= 0.6 is 0 Å². The molecule has 0 spiro atoms. The van der Waals surface area contributed by atoms with Gasteiger partial charge in [-0.3, -0.25) is 0 Å². The molecule has 0 aliphatic rings. The first-order chi connectivity index (χ1) is 8.29. The molecule has 0 N–H and O–H groups in total. The predicted octanol–water partition coefficient (Wildman–Crippen LogP) is 2.63. The van der Waals surface area contributed by atoms with E-state index in [0.29, 0.717) is 5.56 Å². The molecule has 86 valence electrons. The Kier molecular flexibility index (Phi) is 3.35. The van der Waals surface area contributed by atoms with Crippen LogP contribution in [0.2, 0.25) is 0 Å². The second-order valence-corrected chi connectivity index (χ2v) is 3.36. The molecule has 2 rings (SSSR count). The summed E-state index contributed by atoms with van der Waals surface area (Å²) in [5.74, 6) is -0.346. The van der Waals surface area contributed by atoms with E-state index in [1.54, 1.807) is 30.5 Å². The van der Waals surface area contributed by atoms with Gasteiger partial charge >= 0.3 is 5.97 Å². The van der Waals surface area contributed by atoms with Gasteiger partial charge in [-0.1, -0.05) is 18.2 Å². The second kappa shape index (κ2) is 5.12. The number of ether oxygens (including phenoxy) is 1. The summed E-state index contributed by atoms with van der Waals surface area (Å²) >= 11 is 0. The summed E-state index contributed by atoms with van der Waals surface area (Å²) < 4.78 is 9.50. The van der Waals surface area contributed by atoms with Crippen molar-refractivity contribution < 1.29 is 13.9 Å². The molecule has 0 saturated heterocycles. The Bertz CT molecular complexity index is 529. The van der Waals surface area contributed by atoms with Crippen LogP contribution in [-0.2, 0) is 4.74 Å². The third-order valence-electron chi connectivity index (χ3n) is 2.21. The number of esters is 1. The number of oxazole rings is 1. The highest BCUT2D eigenvalue weighted by Crippen LogP contribution is 2.10. The van der Waals surface area contributed by atoms with E-state index in [1.807, 2.05) is 12.1 Å². The van der Waals surface area contributed by atoms with Crippen molar-refractivity contribution in [2.45, 2.75) is 0 Å². The van der Waals surface area contributed by atoms with E-state index in [9.17, 15) is 4.79 Å². The number of carbonyl (C=O) groups excluding carboxylic acids is 1. The van der Waals surface area contributed by atoms with Crippen molar-refractivity contribution in [3.05, 3.63) is 53.7 Å². The Morgan fingerprint density at radius 2 is 2.29 bits per heavy atom. The molecule has 0 unspecified atom stereocenters. The topological polar surface area (TPSA) is 52.3 Å². The van der Waals surface area contributed by atoms with E-state index in [1.165, 1.54) is 13.5 Å². The minimum atomic E-state index is -0.346. The maximum absolute atomic E-state index is 11.3.